The molecule has 1 aromatic carbocycles. The van der Waals surface area contributed by atoms with Crippen molar-refractivity contribution >= 4 is 11.6 Å². The Morgan fingerprint density at radius 1 is 1.00 bits per heavy atom. The molecule has 6 heteroatoms. The van der Waals surface area contributed by atoms with E-state index in [1.54, 1.807) is 13.2 Å². The van der Waals surface area contributed by atoms with Crippen LogP contribution in [0.2, 0.25) is 0 Å². The number of hydrogen-bond donors (Lipinski definition) is 0. The van der Waals surface area contributed by atoms with E-state index in [9.17, 15) is 9.59 Å². The van der Waals surface area contributed by atoms with Crippen LogP contribution in [0.25, 0.3) is 0 Å². The summed E-state index contributed by atoms with van der Waals surface area (Å²) in [5.41, 5.74) is 4.57. The fourth-order valence-corrected chi connectivity index (χ4v) is 5.24. The number of nitrogens with zero attached hydrogens (tertiary/aromatic N) is 1. The Bertz CT molecular complexity index is 962. The van der Waals surface area contributed by atoms with Gasteiger partial charge in [-0.05, 0) is 50.3 Å². The van der Waals surface area contributed by atoms with Crippen LogP contribution in [0.1, 0.15) is 56.9 Å². The molecule has 0 saturated heterocycles. The molecule has 1 aliphatic heterocycles. The summed E-state index contributed by atoms with van der Waals surface area (Å²) in [7, 11) is 1.68. The number of ether oxygens (including phenoxy) is 3. The molecule has 0 bridgehead atoms. The second-order valence-corrected chi connectivity index (χ2v) is 8.59. The standard InChI is InChI=1S/C27H33NO5/c1-4-15-33-23-13-12-18(17-24(23)32-5-2)25-26-19(8-6-10-21(26)29)28(14-16-31-3)20-9-7-11-22(30)27(20)25/h4,12-13,17,25H,1,5-11,14-16H2,2-3H3. The Labute approximate surface area is 195 Å². The topological polar surface area (TPSA) is 65.1 Å². The van der Waals surface area contributed by atoms with Gasteiger partial charge in [-0.2, -0.15) is 0 Å². The van der Waals surface area contributed by atoms with E-state index in [2.05, 4.69) is 11.5 Å². The van der Waals surface area contributed by atoms with Crippen LogP contribution in [0.4, 0.5) is 0 Å². The van der Waals surface area contributed by atoms with Gasteiger partial charge in [-0.15, -0.1) is 0 Å². The zero-order chi connectivity index (χ0) is 23.4. The van der Waals surface area contributed by atoms with Gasteiger partial charge in [0.1, 0.15) is 6.61 Å². The van der Waals surface area contributed by atoms with E-state index in [1.807, 2.05) is 25.1 Å². The second-order valence-electron chi connectivity index (χ2n) is 8.59. The molecule has 33 heavy (non-hydrogen) atoms. The molecule has 0 atom stereocenters. The minimum absolute atomic E-state index is 0.138. The summed E-state index contributed by atoms with van der Waals surface area (Å²) in [6.07, 6.45) is 6.07. The molecule has 3 aliphatic rings. The van der Waals surface area contributed by atoms with E-state index in [0.717, 1.165) is 53.8 Å². The second kappa shape index (κ2) is 10.4. The van der Waals surface area contributed by atoms with Crippen LogP contribution in [0.3, 0.4) is 0 Å². The zero-order valence-corrected chi connectivity index (χ0v) is 19.7. The fraction of sp³-hybridized carbons (Fsp3) is 0.481. The number of rotatable bonds is 9. The van der Waals surface area contributed by atoms with Gasteiger partial charge in [0.15, 0.2) is 23.1 Å². The quantitative estimate of drug-likeness (QED) is 0.507. The maximum absolute atomic E-state index is 13.3. The highest BCUT2D eigenvalue weighted by atomic mass is 16.5. The van der Waals surface area contributed by atoms with Crippen LogP contribution in [0, 0.1) is 0 Å². The highest BCUT2D eigenvalue weighted by molar-refractivity contribution is 6.06. The van der Waals surface area contributed by atoms with Gasteiger partial charge in [0, 0.05) is 55.0 Å². The number of benzene rings is 1. The molecule has 0 fully saturated rings. The molecule has 0 unspecified atom stereocenters. The van der Waals surface area contributed by atoms with Crippen molar-refractivity contribution < 1.29 is 23.8 Å². The Hall–Kier alpha value is -2.86. The van der Waals surface area contributed by atoms with Crippen molar-refractivity contribution in [3.8, 4) is 11.5 Å². The number of carbonyl (C=O) groups excluding carboxylic acids is 2. The van der Waals surface area contributed by atoms with Gasteiger partial charge < -0.3 is 19.1 Å². The molecule has 0 aromatic heterocycles. The van der Waals surface area contributed by atoms with Crippen LogP contribution in [-0.2, 0) is 14.3 Å². The predicted molar refractivity (Wildman–Crippen MR) is 126 cm³/mol. The number of carbonyl (C=O) groups is 2. The monoisotopic (exact) mass is 451 g/mol. The lowest BCUT2D eigenvalue weighted by atomic mass is 9.71. The summed E-state index contributed by atoms with van der Waals surface area (Å²) >= 11 is 0. The zero-order valence-electron chi connectivity index (χ0n) is 19.7. The van der Waals surface area contributed by atoms with Crippen molar-refractivity contribution in [3.63, 3.8) is 0 Å². The van der Waals surface area contributed by atoms with Crippen molar-refractivity contribution in [2.45, 2.75) is 51.4 Å². The van der Waals surface area contributed by atoms with Crippen LogP contribution in [0.15, 0.2) is 53.4 Å². The minimum atomic E-state index is -0.359. The molecule has 2 aliphatic carbocycles. The van der Waals surface area contributed by atoms with E-state index in [0.29, 0.717) is 50.7 Å². The van der Waals surface area contributed by atoms with Crippen molar-refractivity contribution in [1.29, 1.82) is 0 Å². The van der Waals surface area contributed by atoms with Crippen molar-refractivity contribution in [3.05, 3.63) is 59.0 Å². The Kier molecular flexibility index (Phi) is 7.33. The Balaban J connectivity index is 1.87. The third kappa shape index (κ3) is 4.49. The smallest absolute Gasteiger partial charge is 0.161 e. The molecule has 4 rings (SSSR count). The van der Waals surface area contributed by atoms with Gasteiger partial charge in [-0.3, -0.25) is 9.59 Å². The summed E-state index contributed by atoms with van der Waals surface area (Å²) in [5.74, 6) is 1.17. The Morgan fingerprint density at radius 3 is 2.24 bits per heavy atom. The first-order valence-electron chi connectivity index (χ1n) is 11.9. The maximum atomic E-state index is 13.3. The largest absolute Gasteiger partial charge is 0.490 e. The highest BCUT2D eigenvalue weighted by Crippen LogP contribution is 2.50. The first-order chi connectivity index (χ1) is 16.1. The molecule has 176 valence electrons. The molecule has 0 N–H and O–H groups in total. The third-order valence-corrected chi connectivity index (χ3v) is 6.56. The van der Waals surface area contributed by atoms with E-state index in [-0.39, 0.29) is 17.5 Å². The lowest BCUT2D eigenvalue weighted by Gasteiger charge is -2.44. The van der Waals surface area contributed by atoms with Crippen LogP contribution in [0.5, 0.6) is 11.5 Å². The molecule has 0 saturated carbocycles. The summed E-state index contributed by atoms with van der Waals surface area (Å²) < 4.78 is 17.0. The number of allylic oxidation sites excluding steroid dienone is 4. The van der Waals surface area contributed by atoms with Crippen molar-refractivity contribution in [1.82, 2.24) is 4.90 Å². The van der Waals surface area contributed by atoms with Gasteiger partial charge >= 0.3 is 0 Å². The number of Topliss-reactive ketones (excluding diaryl/α,β-unsaturated/α-hetero) is 2. The molecule has 0 amide bonds. The summed E-state index contributed by atoms with van der Waals surface area (Å²) in [4.78, 5) is 28.8. The SMILES string of the molecule is C=CCOc1ccc(C2C3=C(CCCC3=O)N(CCOC)C3=C2C(=O)CCC3)cc1OCC. The summed E-state index contributed by atoms with van der Waals surface area (Å²) in [6.45, 7) is 7.70. The van der Waals surface area contributed by atoms with E-state index in [1.165, 1.54) is 0 Å². The average Bonchev–Trinajstić information content (AvgIpc) is 2.82. The summed E-state index contributed by atoms with van der Waals surface area (Å²) in [6, 6.07) is 5.79. The predicted octanol–water partition coefficient (Wildman–Crippen LogP) is 4.71. The third-order valence-electron chi connectivity index (χ3n) is 6.56. The molecule has 1 heterocycles. The van der Waals surface area contributed by atoms with Crippen LogP contribution < -0.4 is 9.47 Å². The van der Waals surface area contributed by atoms with Gasteiger partial charge in [0.25, 0.3) is 0 Å². The number of ketones is 2. The molecule has 0 radical (unpaired) electrons. The van der Waals surface area contributed by atoms with Gasteiger partial charge in [0.05, 0.1) is 13.2 Å². The minimum Gasteiger partial charge on any atom is -0.490 e. The normalized spacial score (nSPS) is 18.9. The first kappa shape index (κ1) is 23.3. The molecule has 0 spiro atoms. The van der Waals surface area contributed by atoms with E-state index >= 15 is 0 Å². The lowest BCUT2D eigenvalue weighted by Crippen LogP contribution is -2.40. The fourth-order valence-electron chi connectivity index (χ4n) is 5.24. The number of hydrogen-bond acceptors (Lipinski definition) is 6. The van der Waals surface area contributed by atoms with Gasteiger partial charge in [0.2, 0.25) is 0 Å². The Morgan fingerprint density at radius 2 is 1.67 bits per heavy atom. The summed E-state index contributed by atoms with van der Waals surface area (Å²) in [5, 5.41) is 0. The first-order valence-corrected chi connectivity index (χ1v) is 11.9. The van der Waals surface area contributed by atoms with Gasteiger partial charge in [-0.25, -0.2) is 0 Å². The van der Waals surface area contributed by atoms with E-state index < -0.39 is 0 Å². The van der Waals surface area contributed by atoms with Crippen molar-refractivity contribution in [2.24, 2.45) is 0 Å². The molecule has 6 nitrogen and oxygen atoms in total. The molecular weight excluding hydrogens is 418 g/mol. The molecular formula is C27H33NO5. The maximum Gasteiger partial charge on any atom is 0.161 e. The van der Waals surface area contributed by atoms with Gasteiger partial charge in [-0.1, -0.05) is 18.7 Å². The van der Waals surface area contributed by atoms with E-state index in [4.69, 9.17) is 14.2 Å². The van der Waals surface area contributed by atoms with Crippen molar-refractivity contribution in [2.75, 3.05) is 33.5 Å². The molecule has 1 aromatic rings. The number of methoxy groups -OCH3 is 1. The lowest BCUT2D eigenvalue weighted by molar-refractivity contribution is -0.117. The average molecular weight is 452 g/mol. The van der Waals surface area contributed by atoms with Crippen LogP contribution >= 0.6 is 0 Å². The van der Waals surface area contributed by atoms with Crippen LogP contribution in [-0.4, -0.2) is 49.9 Å². The highest BCUT2D eigenvalue weighted by Gasteiger charge is 2.43.